The van der Waals surface area contributed by atoms with Gasteiger partial charge in [0.1, 0.15) is 11.5 Å². The Labute approximate surface area is 138 Å². The maximum absolute atomic E-state index is 11.9. The molecule has 1 aliphatic rings. The van der Waals surface area contributed by atoms with Crippen molar-refractivity contribution in [1.82, 2.24) is 5.32 Å². The summed E-state index contributed by atoms with van der Waals surface area (Å²) in [6, 6.07) is 7.47. The standard InChI is InChI=1S/C16H24N2O3.ClH/c1-2-20-13-6-8-14(9-7-13)21-11-16(19)18-15-5-3-4-12(15)10-17;/h6-9,12,15H,2-5,10-11,17H2,1H3,(H,18,19);1H. The van der Waals surface area contributed by atoms with E-state index in [1.807, 2.05) is 19.1 Å². The zero-order chi connectivity index (χ0) is 15.1. The monoisotopic (exact) mass is 328 g/mol. The molecule has 1 amide bonds. The number of rotatable bonds is 7. The highest BCUT2D eigenvalue weighted by atomic mass is 35.5. The average Bonchev–Trinajstić information content (AvgIpc) is 2.94. The summed E-state index contributed by atoms with van der Waals surface area (Å²) in [6.45, 7) is 3.23. The van der Waals surface area contributed by atoms with Crippen molar-refractivity contribution < 1.29 is 14.3 Å². The van der Waals surface area contributed by atoms with Gasteiger partial charge in [0, 0.05) is 6.04 Å². The highest BCUT2D eigenvalue weighted by molar-refractivity contribution is 5.85. The van der Waals surface area contributed by atoms with Crippen LogP contribution in [0.1, 0.15) is 26.2 Å². The van der Waals surface area contributed by atoms with Crippen LogP contribution in [0.4, 0.5) is 0 Å². The first kappa shape index (κ1) is 18.6. The van der Waals surface area contributed by atoms with E-state index in [0.29, 0.717) is 24.8 Å². The molecule has 1 aromatic carbocycles. The minimum absolute atomic E-state index is 0. The lowest BCUT2D eigenvalue weighted by Gasteiger charge is -2.19. The van der Waals surface area contributed by atoms with Gasteiger partial charge in [0.15, 0.2) is 6.61 Å². The third kappa shape index (κ3) is 5.39. The van der Waals surface area contributed by atoms with Gasteiger partial charge in [-0.1, -0.05) is 6.42 Å². The summed E-state index contributed by atoms with van der Waals surface area (Å²) in [6.07, 6.45) is 3.24. The Morgan fingerprint density at radius 2 is 1.86 bits per heavy atom. The summed E-state index contributed by atoms with van der Waals surface area (Å²) in [5.74, 6) is 1.77. The van der Waals surface area contributed by atoms with Crippen LogP contribution in [0.15, 0.2) is 24.3 Å². The third-order valence-corrected chi connectivity index (χ3v) is 3.81. The zero-order valence-electron chi connectivity index (χ0n) is 12.9. The van der Waals surface area contributed by atoms with E-state index in [2.05, 4.69) is 5.32 Å². The fourth-order valence-electron chi connectivity index (χ4n) is 2.71. The Morgan fingerprint density at radius 1 is 1.23 bits per heavy atom. The second kappa shape index (κ2) is 9.54. The quantitative estimate of drug-likeness (QED) is 0.804. The normalized spacial score (nSPS) is 20.1. The van der Waals surface area contributed by atoms with E-state index >= 15 is 0 Å². The number of carbonyl (C=O) groups is 1. The van der Waals surface area contributed by atoms with Gasteiger partial charge in [-0.15, -0.1) is 12.4 Å². The van der Waals surface area contributed by atoms with Gasteiger partial charge in [0.25, 0.3) is 5.91 Å². The molecule has 6 heteroatoms. The highest BCUT2D eigenvalue weighted by Crippen LogP contribution is 2.24. The van der Waals surface area contributed by atoms with E-state index in [9.17, 15) is 4.79 Å². The number of hydrogen-bond donors (Lipinski definition) is 2. The Balaban J connectivity index is 0.00000242. The number of nitrogens with one attached hydrogen (secondary N) is 1. The van der Waals surface area contributed by atoms with Gasteiger partial charge < -0.3 is 20.5 Å². The molecule has 0 aliphatic heterocycles. The lowest BCUT2D eigenvalue weighted by atomic mass is 10.0. The van der Waals surface area contributed by atoms with E-state index in [0.717, 1.165) is 25.0 Å². The van der Waals surface area contributed by atoms with Crippen LogP contribution in [0, 0.1) is 5.92 Å². The van der Waals surface area contributed by atoms with Gasteiger partial charge in [-0.25, -0.2) is 0 Å². The summed E-state index contributed by atoms with van der Waals surface area (Å²) in [7, 11) is 0. The van der Waals surface area contributed by atoms with Crippen molar-refractivity contribution in [3.63, 3.8) is 0 Å². The largest absolute Gasteiger partial charge is 0.494 e. The van der Waals surface area contributed by atoms with E-state index in [1.54, 1.807) is 12.1 Å². The molecule has 0 heterocycles. The van der Waals surface area contributed by atoms with E-state index in [-0.39, 0.29) is 31.0 Å². The second-order valence-corrected chi connectivity index (χ2v) is 5.29. The summed E-state index contributed by atoms with van der Waals surface area (Å²) >= 11 is 0. The van der Waals surface area contributed by atoms with Crippen LogP contribution < -0.4 is 20.5 Å². The SMILES string of the molecule is CCOc1ccc(OCC(=O)NC2CCCC2CN)cc1.Cl. The van der Waals surface area contributed by atoms with Gasteiger partial charge in [-0.3, -0.25) is 4.79 Å². The smallest absolute Gasteiger partial charge is 0.258 e. The molecule has 0 radical (unpaired) electrons. The van der Waals surface area contributed by atoms with E-state index in [1.165, 1.54) is 0 Å². The summed E-state index contributed by atoms with van der Waals surface area (Å²) < 4.78 is 10.8. The van der Waals surface area contributed by atoms with Gasteiger partial charge >= 0.3 is 0 Å². The summed E-state index contributed by atoms with van der Waals surface area (Å²) in [5.41, 5.74) is 5.71. The first-order chi connectivity index (χ1) is 10.2. The molecule has 0 saturated heterocycles. The number of nitrogens with two attached hydrogens (primary N) is 1. The predicted molar refractivity (Wildman–Crippen MR) is 88.7 cm³/mol. The molecule has 124 valence electrons. The fraction of sp³-hybridized carbons (Fsp3) is 0.562. The van der Waals surface area contributed by atoms with Crippen LogP contribution in [0.5, 0.6) is 11.5 Å². The molecule has 0 bridgehead atoms. The number of hydrogen-bond acceptors (Lipinski definition) is 4. The highest BCUT2D eigenvalue weighted by Gasteiger charge is 2.27. The van der Waals surface area contributed by atoms with Crippen LogP contribution in [0.25, 0.3) is 0 Å². The molecule has 1 saturated carbocycles. The molecule has 2 unspecified atom stereocenters. The van der Waals surface area contributed by atoms with Gasteiger partial charge in [0.2, 0.25) is 0 Å². The Bertz CT molecular complexity index is 453. The molecule has 2 rings (SSSR count). The molecule has 1 fully saturated rings. The van der Waals surface area contributed by atoms with Crippen LogP contribution in [0.3, 0.4) is 0 Å². The summed E-state index contributed by atoms with van der Waals surface area (Å²) in [5, 5.41) is 3.01. The zero-order valence-corrected chi connectivity index (χ0v) is 13.7. The van der Waals surface area contributed by atoms with Crippen molar-refractivity contribution in [2.45, 2.75) is 32.2 Å². The molecular formula is C16H25ClN2O3. The molecule has 3 N–H and O–H groups in total. The molecule has 0 spiro atoms. The molecule has 1 aliphatic carbocycles. The Morgan fingerprint density at radius 3 is 2.45 bits per heavy atom. The van der Waals surface area contributed by atoms with Gasteiger partial charge in [-0.2, -0.15) is 0 Å². The van der Waals surface area contributed by atoms with Crippen molar-refractivity contribution >= 4 is 18.3 Å². The first-order valence-electron chi connectivity index (χ1n) is 7.58. The molecule has 2 atom stereocenters. The number of ether oxygens (including phenoxy) is 2. The molecular weight excluding hydrogens is 304 g/mol. The topological polar surface area (TPSA) is 73.6 Å². The predicted octanol–water partition coefficient (Wildman–Crippen LogP) is 2.13. The lowest BCUT2D eigenvalue weighted by molar-refractivity contribution is -0.124. The van der Waals surface area contributed by atoms with Crippen molar-refractivity contribution in [3.05, 3.63) is 24.3 Å². The number of halogens is 1. The van der Waals surface area contributed by atoms with Crippen molar-refractivity contribution in [3.8, 4) is 11.5 Å². The van der Waals surface area contributed by atoms with E-state index < -0.39 is 0 Å². The Hall–Kier alpha value is -1.46. The van der Waals surface area contributed by atoms with Crippen molar-refractivity contribution in [2.24, 2.45) is 11.7 Å². The maximum atomic E-state index is 11.9. The Kier molecular flexibility index (Phi) is 8.06. The molecule has 1 aromatic rings. The number of amides is 1. The average molecular weight is 329 g/mol. The van der Waals surface area contributed by atoms with Gasteiger partial charge in [-0.05, 0) is 56.5 Å². The number of benzene rings is 1. The maximum Gasteiger partial charge on any atom is 0.258 e. The minimum atomic E-state index is -0.0887. The number of carbonyl (C=O) groups excluding carboxylic acids is 1. The second-order valence-electron chi connectivity index (χ2n) is 5.29. The molecule has 5 nitrogen and oxygen atoms in total. The molecule has 0 aromatic heterocycles. The first-order valence-corrected chi connectivity index (χ1v) is 7.58. The lowest BCUT2D eigenvalue weighted by Crippen LogP contribution is -2.42. The van der Waals surface area contributed by atoms with E-state index in [4.69, 9.17) is 15.2 Å². The van der Waals surface area contributed by atoms with Crippen LogP contribution in [-0.2, 0) is 4.79 Å². The van der Waals surface area contributed by atoms with Crippen LogP contribution >= 0.6 is 12.4 Å². The fourth-order valence-corrected chi connectivity index (χ4v) is 2.71. The van der Waals surface area contributed by atoms with Crippen LogP contribution in [0.2, 0.25) is 0 Å². The van der Waals surface area contributed by atoms with Crippen LogP contribution in [-0.4, -0.2) is 31.7 Å². The minimum Gasteiger partial charge on any atom is -0.494 e. The third-order valence-electron chi connectivity index (χ3n) is 3.81. The van der Waals surface area contributed by atoms with Crippen molar-refractivity contribution in [1.29, 1.82) is 0 Å². The van der Waals surface area contributed by atoms with Crippen molar-refractivity contribution in [2.75, 3.05) is 19.8 Å². The molecule has 22 heavy (non-hydrogen) atoms. The summed E-state index contributed by atoms with van der Waals surface area (Å²) in [4.78, 5) is 11.9. The van der Waals surface area contributed by atoms with Gasteiger partial charge in [0.05, 0.1) is 6.61 Å².